The molecule has 1 aliphatic rings. The number of benzene rings is 1. The van der Waals surface area contributed by atoms with E-state index >= 15 is 0 Å². The highest BCUT2D eigenvalue weighted by Gasteiger charge is 2.20. The zero-order valence-electron chi connectivity index (χ0n) is 12.5. The molecule has 2 rings (SSSR count). The number of urea groups is 1. The van der Waals surface area contributed by atoms with Crippen molar-refractivity contribution >= 4 is 17.7 Å². The van der Waals surface area contributed by atoms with E-state index in [9.17, 15) is 9.59 Å². The van der Waals surface area contributed by atoms with Gasteiger partial charge >= 0.3 is 12.0 Å². The minimum atomic E-state index is -0.347. The third-order valence-corrected chi connectivity index (χ3v) is 3.44. The first-order valence-electron chi connectivity index (χ1n) is 7.14. The molecule has 21 heavy (non-hydrogen) atoms. The van der Waals surface area contributed by atoms with Crippen LogP contribution in [0.4, 0.5) is 10.5 Å². The number of anilines is 1. The second-order valence-corrected chi connectivity index (χ2v) is 4.85. The molecule has 0 atom stereocenters. The van der Waals surface area contributed by atoms with E-state index in [-0.39, 0.29) is 12.0 Å². The quantitative estimate of drug-likeness (QED) is 0.853. The maximum absolute atomic E-state index is 12.4. The second kappa shape index (κ2) is 7.08. The lowest BCUT2D eigenvalue weighted by Gasteiger charge is -2.31. The van der Waals surface area contributed by atoms with Crippen LogP contribution < -0.4 is 10.2 Å². The summed E-state index contributed by atoms with van der Waals surface area (Å²) >= 11 is 0. The smallest absolute Gasteiger partial charge is 0.338 e. The van der Waals surface area contributed by atoms with Crippen LogP contribution in [0.15, 0.2) is 24.3 Å². The van der Waals surface area contributed by atoms with Gasteiger partial charge in [0, 0.05) is 38.9 Å². The first-order chi connectivity index (χ1) is 10.1. The largest absolute Gasteiger partial charge is 0.462 e. The Morgan fingerprint density at radius 2 is 1.86 bits per heavy atom. The summed E-state index contributed by atoms with van der Waals surface area (Å²) in [5.41, 5.74) is 1.25. The number of amides is 2. The Labute approximate surface area is 124 Å². The molecule has 1 heterocycles. The molecule has 6 nitrogen and oxygen atoms in total. The van der Waals surface area contributed by atoms with Gasteiger partial charge in [0.25, 0.3) is 0 Å². The van der Waals surface area contributed by atoms with Gasteiger partial charge in [0.2, 0.25) is 0 Å². The van der Waals surface area contributed by atoms with Crippen LogP contribution >= 0.6 is 0 Å². The molecule has 0 bridgehead atoms. The van der Waals surface area contributed by atoms with Crippen LogP contribution in [0.5, 0.6) is 0 Å². The highest BCUT2D eigenvalue weighted by molar-refractivity contribution is 5.93. The Hall–Kier alpha value is -2.08. The predicted octanol–water partition coefficient (Wildman–Crippen LogP) is 1.32. The van der Waals surface area contributed by atoms with Crippen LogP contribution in [0, 0.1) is 0 Å². The summed E-state index contributed by atoms with van der Waals surface area (Å²) < 4.78 is 4.94. The molecule has 1 aromatic carbocycles. The fourth-order valence-electron chi connectivity index (χ4n) is 2.21. The van der Waals surface area contributed by atoms with Crippen LogP contribution in [0.25, 0.3) is 0 Å². The lowest BCUT2D eigenvalue weighted by molar-refractivity contribution is 0.0526. The maximum Gasteiger partial charge on any atom is 0.338 e. The normalized spacial score (nSPS) is 14.7. The molecule has 0 unspecified atom stereocenters. The van der Waals surface area contributed by atoms with Gasteiger partial charge in [0.15, 0.2) is 0 Å². The molecule has 1 N–H and O–H groups in total. The number of ether oxygens (including phenoxy) is 1. The van der Waals surface area contributed by atoms with Crippen LogP contribution in [0.2, 0.25) is 0 Å². The molecule has 1 fully saturated rings. The summed E-state index contributed by atoms with van der Waals surface area (Å²) in [5, 5.41) is 3.22. The van der Waals surface area contributed by atoms with Crippen molar-refractivity contribution in [3.05, 3.63) is 29.8 Å². The fraction of sp³-hybridized carbons (Fsp3) is 0.467. The highest BCUT2D eigenvalue weighted by atomic mass is 16.5. The number of hydrogen-bond acceptors (Lipinski definition) is 4. The summed E-state index contributed by atoms with van der Waals surface area (Å²) in [6.45, 7) is 5.19. The van der Waals surface area contributed by atoms with E-state index in [1.54, 1.807) is 43.1 Å². The van der Waals surface area contributed by atoms with E-state index in [0.717, 1.165) is 18.8 Å². The molecule has 6 heteroatoms. The van der Waals surface area contributed by atoms with Gasteiger partial charge in [0.1, 0.15) is 0 Å². The van der Waals surface area contributed by atoms with Gasteiger partial charge in [-0.2, -0.15) is 0 Å². The predicted molar refractivity (Wildman–Crippen MR) is 80.6 cm³/mol. The average molecular weight is 291 g/mol. The van der Waals surface area contributed by atoms with Gasteiger partial charge in [0.05, 0.1) is 12.2 Å². The third kappa shape index (κ3) is 3.72. The number of piperazine rings is 1. The third-order valence-electron chi connectivity index (χ3n) is 3.44. The molecule has 114 valence electrons. The summed E-state index contributed by atoms with van der Waals surface area (Å²) in [5.74, 6) is -0.347. The summed E-state index contributed by atoms with van der Waals surface area (Å²) in [7, 11) is 1.74. The number of hydrogen-bond donors (Lipinski definition) is 1. The number of rotatable bonds is 3. The van der Waals surface area contributed by atoms with E-state index in [2.05, 4.69) is 5.32 Å². The van der Waals surface area contributed by atoms with Crippen molar-refractivity contribution in [2.75, 3.05) is 44.7 Å². The number of carbonyl (C=O) groups is 2. The molecule has 0 saturated carbocycles. The number of nitrogens with zero attached hydrogens (tertiary/aromatic N) is 2. The van der Waals surface area contributed by atoms with Gasteiger partial charge in [-0.3, -0.25) is 4.90 Å². The Kier molecular flexibility index (Phi) is 5.16. The summed E-state index contributed by atoms with van der Waals surface area (Å²) in [4.78, 5) is 27.4. The van der Waals surface area contributed by atoms with Crippen molar-refractivity contribution in [1.29, 1.82) is 0 Å². The molecule has 0 radical (unpaired) electrons. The number of esters is 1. The first-order valence-corrected chi connectivity index (χ1v) is 7.14. The molecule has 0 spiro atoms. The fourth-order valence-corrected chi connectivity index (χ4v) is 2.21. The molecule has 1 aliphatic heterocycles. The van der Waals surface area contributed by atoms with E-state index in [1.165, 1.54) is 0 Å². The lowest BCUT2D eigenvalue weighted by Crippen LogP contribution is -2.50. The summed E-state index contributed by atoms with van der Waals surface area (Å²) in [6.07, 6.45) is 0. The molecule has 2 amide bonds. The lowest BCUT2D eigenvalue weighted by atomic mass is 10.2. The minimum absolute atomic E-state index is 0.0274. The Morgan fingerprint density at radius 3 is 2.43 bits per heavy atom. The summed E-state index contributed by atoms with van der Waals surface area (Å²) in [6, 6.07) is 6.84. The van der Waals surface area contributed by atoms with E-state index in [4.69, 9.17) is 4.74 Å². The molecule has 1 aromatic rings. The standard InChI is InChI=1S/C15H21N3O3/c1-3-21-14(19)12-4-6-13(7-5-12)17(2)15(20)18-10-8-16-9-11-18/h4-7,16H,3,8-11H2,1-2H3. The first kappa shape index (κ1) is 15.3. The van der Waals surface area contributed by atoms with E-state index < -0.39 is 0 Å². The Balaban J connectivity index is 2.03. The Morgan fingerprint density at radius 1 is 1.24 bits per heavy atom. The Bertz CT molecular complexity index is 495. The van der Waals surface area contributed by atoms with Gasteiger partial charge in [-0.05, 0) is 31.2 Å². The van der Waals surface area contributed by atoms with Crippen LogP contribution in [-0.2, 0) is 4.74 Å². The van der Waals surface area contributed by atoms with Gasteiger partial charge in [-0.15, -0.1) is 0 Å². The average Bonchev–Trinajstić information content (AvgIpc) is 2.54. The van der Waals surface area contributed by atoms with Gasteiger partial charge in [-0.25, -0.2) is 9.59 Å². The van der Waals surface area contributed by atoms with Crippen LogP contribution in [0.1, 0.15) is 17.3 Å². The zero-order chi connectivity index (χ0) is 15.2. The van der Waals surface area contributed by atoms with E-state index in [0.29, 0.717) is 25.3 Å². The molecular formula is C15H21N3O3. The second-order valence-electron chi connectivity index (χ2n) is 4.85. The highest BCUT2D eigenvalue weighted by Crippen LogP contribution is 2.16. The SMILES string of the molecule is CCOC(=O)c1ccc(N(C)C(=O)N2CCNCC2)cc1. The zero-order valence-corrected chi connectivity index (χ0v) is 12.5. The molecule has 0 aromatic heterocycles. The monoisotopic (exact) mass is 291 g/mol. The van der Waals surface area contributed by atoms with Crippen molar-refractivity contribution < 1.29 is 14.3 Å². The van der Waals surface area contributed by atoms with Gasteiger partial charge in [-0.1, -0.05) is 0 Å². The number of nitrogens with one attached hydrogen (secondary N) is 1. The van der Waals surface area contributed by atoms with Crippen molar-refractivity contribution in [3.8, 4) is 0 Å². The topological polar surface area (TPSA) is 61.9 Å². The molecule has 0 aliphatic carbocycles. The van der Waals surface area contributed by atoms with Crippen molar-refractivity contribution in [3.63, 3.8) is 0 Å². The van der Waals surface area contributed by atoms with Crippen molar-refractivity contribution in [2.24, 2.45) is 0 Å². The van der Waals surface area contributed by atoms with Crippen LogP contribution in [0.3, 0.4) is 0 Å². The number of carbonyl (C=O) groups excluding carboxylic acids is 2. The van der Waals surface area contributed by atoms with Gasteiger partial charge < -0.3 is 15.0 Å². The van der Waals surface area contributed by atoms with Crippen molar-refractivity contribution in [1.82, 2.24) is 10.2 Å². The van der Waals surface area contributed by atoms with E-state index in [1.807, 2.05) is 4.90 Å². The maximum atomic E-state index is 12.4. The molecular weight excluding hydrogens is 270 g/mol. The van der Waals surface area contributed by atoms with Crippen molar-refractivity contribution in [2.45, 2.75) is 6.92 Å². The molecule has 1 saturated heterocycles. The minimum Gasteiger partial charge on any atom is -0.462 e. The van der Waals surface area contributed by atoms with Crippen LogP contribution in [-0.4, -0.2) is 56.7 Å².